The van der Waals surface area contributed by atoms with Gasteiger partial charge in [0.2, 0.25) is 0 Å². The summed E-state index contributed by atoms with van der Waals surface area (Å²) in [6.07, 6.45) is 0. The zero-order chi connectivity index (χ0) is 13.4. The van der Waals surface area contributed by atoms with Crippen molar-refractivity contribution in [2.75, 3.05) is 52.4 Å². The van der Waals surface area contributed by atoms with Crippen molar-refractivity contribution in [3.05, 3.63) is 0 Å². The summed E-state index contributed by atoms with van der Waals surface area (Å²) in [5.41, 5.74) is 5.79. The van der Waals surface area contributed by atoms with E-state index in [1.165, 1.54) is 32.7 Å². The Morgan fingerprint density at radius 1 is 1.22 bits per heavy atom. The lowest BCUT2D eigenvalue weighted by Crippen LogP contribution is -2.48. The van der Waals surface area contributed by atoms with E-state index >= 15 is 0 Å². The minimum Gasteiger partial charge on any atom is -0.370 e. The Labute approximate surface area is 111 Å². The second-order valence-corrected chi connectivity index (χ2v) is 5.32. The second kappa shape index (κ2) is 8.32. The van der Waals surface area contributed by atoms with Gasteiger partial charge in [0.25, 0.3) is 0 Å². The molecule has 1 aliphatic heterocycles. The summed E-state index contributed by atoms with van der Waals surface area (Å²) in [4.78, 5) is 9.26. The molecule has 0 aliphatic carbocycles. The molecule has 0 radical (unpaired) electrons. The number of likely N-dealkylation sites (N-methyl/N-ethyl adjacent to an activating group) is 1. The Bertz CT molecular complexity index is 244. The summed E-state index contributed by atoms with van der Waals surface area (Å²) in [7, 11) is 0. The second-order valence-electron chi connectivity index (χ2n) is 5.32. The first-order chi connectivity index (χ1) is 8.61. The van der Waals surface area contributed by atoms with E-state index in [1.807, 2.05) is 0 Å². The zero-order valence-electron chi connectivity index (χ0n) is 12.2. The van der Waals surface area contributed by atoms with Crippen LogP contribution in [0, 0.1) is 5.92 Å². The molecule has 0 aromatic rings. The predicted octanol–water partition coefficient (Wildman–Crippen LogP) is 0.184. The highest BCUT2D eigenvalue weighted by atomic mass is 15.3. The van der Waals surface area contributed by atoms with Crippen molar-refractivity contribution in [1.82, 2.24) is 15.1 Å². The van der Waals surface area contributed by atoms with Crippen molar-refractivity contribution in [3.63, 3.8) is 0 Å². The van der Waals surface area contributed by atoms with E-state index in [4.69, 9.17) is 5.73 Å². The number of hydrogen-bond acceptors (Lipinski definition) is 3. The smallest absolute Gasteiger partial charge is 0.188 e. The maximum absolute atomic E-state index is 5.79. The minimum absolute atomic E-state index is 0.562. The van der Waals surface area contributed by atoms with Crippen LogP contribution in [0.4, 0.5) is 0 Å². The molecular formula is C13H29N5. The van der Waals surface area contributed by atoms with E-state index in [9.17, 15) is 0 Å². The quantitative estimate of drug-likeness (QED) is 0.525. The predicted molar refractivity (Wildman–Crippen MR) is 77.9 cm³/mol. The van der Waals surface area contributed by atoms with Crippen LogP contribution in [0.1, 0.15) is 20.8 Å². The van der Waals surface area contributed by atoms with Gasteiger partial charge in [-0.2, -0.15) is 0 Å². The van der Waals surface area contributed by atoms with E-state index in [2.05, 4.69) is 40.9 Å². The highest BCUT2D eigenvalue weighted by Crippen LogP contribution is 1.99. The lowest BCUT2D eigenvalue weighted by molar-refractivity contribution is 0.139. The van der Waals surface area contributed by atoms with Crippen molar-refractivity contribution < 1.29 is 0 Å². The Balaban J connectivity index is 2.09. The SMILES string of the molecule is CCN1CCN(CCNC(N)=NCC(C)C)CC1. The first kappa shape index (κ1) is 15.2. The molecule has 0 atom stereocenters. The van der Waals surface area contributed by atoms with Crippen molar-refractivity contribution >= 4 is 5.96 Å². The van der Waals surface area contributed by atoms with Gasteiger partial charge in [-0.15, -0.1) is 0 Å². The Hall–Kier alpha value is -0.810. The van der Waals surface area contributed by atoms with Crippen LogP contribution in [0.3, 0.4) is 0 Å². The Morgan fingerprint density at radius 3 is 2.39 bits per heavy atom. The fourth-order valence-corrected chi connectivity index (χ4v) is 2.01. The van der Waals surface area contributed by atoms with E-state index in [1.54, 1.807) is 0 Å². The summed E-state index contributed by atoms with van der Waals surface area (Å²) >= 11 is 0. The van der Waals surface area contributed by atoms with E-state index in [0.717, 1.165) is 19.6 Å². The van der Waals surface area contributed by atoms with Crippen molar-refractivity contribution in [2.24, 2.45) is 16.6 Å². The number of nitrogens with one attached hydrogen (secondary N) is 1. The zero-order valence-corrected chi connectivity index (χ0v) is 12.2. The lowest BCUT2D eigenvalue weighted by atomic mass is 10.2. The monoisotopic (exact) mass is 255 g/mol. The number of nitrogens with zero attached hydrogens (tertiary/aromatic N) is 3. The molecule has 0 bridgehead atoms. The van der Waals surface area contributed by atoms with Gasteiger partial charge < -0.3 is 16.0 Å². The van der Waals surface area contributed by atoms with Gasteiger partial charge in [0.05, 0.1) is 0 Å². The molecule has 1 rings (SSSR count). The standard InChI is InChI=1S/C13H29N5/c1-4-17-7-9-18(10-8-17)6-5-15-13(14)16-11-12(2)3/h12H,4-11H2,1-3H3,(H3,14,15,16). The van der Waals surface area contributed by atoms with Gasteiger partial charge >= 0.3 is 0 Å². The molecule has 1 aliphatic rings. The first-order valence-electron chi connectivity index (χ1n) is 7.10. The van der Waals surface area contributed by atoms with E-state index < -0.39 is 0 Å². The molecule has 0 unspecified atom stereocenters. The number of piperazine rings is 1. The number of rotatable bonds is 6. The third kappa shape index (κ3) is 6.21. The number of nitrogens with two attached hydrogens (primary N) is 1. The molecule has 18 heavy (non-hydrogen) atoms. The molecule has 0 aromatic carbocycles. The molecule has 5 heteroatoms. The average Bonchev–Trinajstić information content (AvgIpc) is 2.37. The fraction of sp³-hybridized carbons (Fsp3) is 0.923. The Kier molecular flexibility index (Phi) is 7.05. The fourth-order valence-electron chi connectivity index (χ4n) is 2.01. The minimum atomic E-state index is 0.562. The molecular weight excluding hydrogens is 226 g/mol. The van der Waals surface area contributed by atoms with Gasteiger partial charge in [-0.25, -0.2) is 0 Å². The molecule has 1 heterocycles. The van der Waals surface area contributed by atoms with Crippen LogP contribution in [0.25, 0.3) is 0 Å². The van der Waals surface area contributed by atoms with Gasteiger partial charge in [-0.05, 0) is 12.5 Å². The van der Waals surface area contributed by atoms with Crippen LogP contribution in [-0.2, 0) is 0 Å². The number of guanidine groups is 1. The lowest BCUT2D eigenvalue weighted by Gasteiger charge is -2.33. The Morgan fingerprint density at radius 2 is 1.83 bits per heavy atom. The maximum atomic E-state index is 5.79. The molecule has 3 N–H and O–H groups in total. The molecule has 5 nitrogen and oxygen atoms in total. The van der Waals surface area contributed by atoms with Crippen LogP contribution < -0.4 is 11.1 Å². The maximum Gasteiger partial charge on any atom is 0.188 e. The van der Waals surface area contributed by atoms with Crippen LogP contribution in [-0.4, -0.2) is 68.1 Å². The summed E-state index contributed by atoms with van der Waals surface area (Å²) in [5, 5.41) is 3.18. The van der Waals surface area contributed by atoms with Gasteiger partial charge in [-0.3, -0.25) is 9.89 Å². The van der Waals surface area contributed by atoms with Crippen molar-refractivity contribution in [3.8, 4) is 0 Å². The summed E-state index contributed by atoms with van der Waals surface area (Å²) in [6, 6.07) is 0. The van der Waals surface area contributed by atoms with E-state index in [0.29, 0.717) is 11.9 Å². The van der Waals surface area contributed by atoms with Crippen LogP contribution in [0.2, 0.25) is 0 Å². The third-order valence-corrected chi connectivity index (χ3v) is 3.27. The first-order valence-corrected chi connectivity index (χ1v) is 7.10. The normalized spacial score (nSPS) is 19.4. The highest BCUT2D eigenvalue weighted by Gasteiger charge is 2.14. The third-order valence-electron chi connectivity index (χ3n) is 3.27. The molecule has 0 aromatic heterocycles. The van der Waals surface area contributed by atoms with Gasteiger partial charge in [0.15, 0.2) is 5.96 Å². The van der Waals surface area contributed by atoms with Gasteiger partial charge in [0, 0.05) is 45.8 Å². The van der Waals surface area contributed by atoms with E-state index in [-0.39, 0.29) is 0 Å². The van der Waals surface area contributed by atoms with Crippen molar-refractivity contribution in [1.29, 1.82) is 0 Å². The van der Waals surface area contributed by atoms with Crippen LogP contribution in [0.5, 0.6) is 0 Å². The molecule has 0 saturated carbocycles. The molecule has 106 valence electrons. The number of aliphatic imine (C=N–C) groups is 1. The molecule has 1 saturated heterocycles. The van der Waals surface area contributed by atoms with Crippen LogP contribution >= 0.6 is 0 Å². The molecule has 0 amide bonds. The van der Waals surface area contributed by atoms with Gasteiger partial charge in [-0.1, -0.05) is 20.8 Å². The number of hydrogen-bond donors (Lipinski definition) is 2. The highest BCUT2D eigenvalue weighted by molar-refractivity contribution is 5.77. The van der Waals surface area contributed by atoms with Gasteiger partial charge in [0.1, 0.15) is 0 Å². The molecule has 0 spiro atoms. The van der Waals surface area contributed by atoms with Crippen molar-refractivity contribution in [2.45, 2.75) is 20.8 Å². The summed E-state index contributed by atoms with van der Waals surface area (Å²) in [6.45, 7) is 15.1. The largest absolute Gasteiger partial charge is 0.370 e. The molecule has 1 fully saturated rings. The summed E-state index contributed by atoms with van der Waals surface area (Å²) in [5.74, 6) is 1.14. The topological polar surface area (TPSA) is 56.9 Å². The summed E-state index contributed by atoms with van der Waals surface area (Å²) < 4.78 is 0. The van der Waals surface area contributed by atoms with Crippen LogP contribution in [0.15, 0.2) is 4.99 Å². The average molecular weight is 255 g/mol.